The first-order valence-electron chi connectivity index (χ1n) is 10.5. The minimum absolute atomic E-state index is 0.00354. The fourth-order valence-electron chi connectivity index (χ4n) is 3.72. The van der Waals surface area contributed by atoms with E-state index in [1.807, 2.05) is 48.5 Å². The average molecular weight is 463 g/mol. The highest BCUT2D eigenvalue weighted by atomic mass is 32.2. The van der Waals surface area contributed by atoms with Gasteiger partial charge in [0.05, 0.1) is 12.8 Å². The second kappa shape index (κ2) is 9.03. The second-order valence-electron chi connectivity index (χ2n) is 7.65. The van der Waals surface area contributed by atoms with Crippen molar-refractivity contribution in [2.24, 2.45) is 0 Å². The van der Waals surface area contributed by atoms with Crippen LogP contribution in [0.4, 0.5) is 5.82 Å². The van der Waals surface area contributed by atoms with E-state index in [1.54, 1.807) is 29.6 Å². The van der Waals surface area contributed by atoms with Crippen LogP contribution in [0.15, 0.2) is 59.0 Å². The van der Waals surface area contributed by atoms with Crippen molar-refractivity contribution in [3.8, 4) is 5.75 Å². The van der Waals surface area contributed by atoms with Crippen LogP contribution >= 0.6 is 11.8 Å². The van der Waals surface area contributed by atoms with Crippen molar-refractivity contribution in [1.82, 2.24) is 15.1 Å². The van der Waals surface area contributed by atoms with E-state index in [0.717, 1.165) is 39.5 Å². The lowest BCUT2D eigenvalue weighted by molar-refractivity contribution is -0.122. The molecule has 0 saturated carbocycles. The number of rotatable bonds is 7. The quantitative estimate of drug-likeness (QED) is 0.432. The molecule has 5 rings (SSSR count). The van der Waals surface area contributed by atoms with Crippen molar-refractivity contribution >= 4 is 40.4 Å². The molecule has 1 aliphatic heterocycles. The highest BCUT2D eigenvalue weighted by Gasteiger charge is 2.26. The molecule has 168 valence electrons. The zero-order chi connectivity index (χ0) is 22.8. The molecule has 0 spiro atoms. The van der Waals surface area contributed by atoms with Crippen LogP contribution in [0, 0.1) is 0 Å². The van der Waals surface area contributed by atoms with Gasteiger partial charge >= 0.3 is 0 Å². The molecular formula is C24H22N4O4S. The van der Waals surface area contributed by atoms with Crippen molar-refractivity contribution in [2.45, 2.75) is 24.6 Å². The lowest BCUT2D eigenvalue weighted by Gasteiger charge is -2.11. The van der Waals surface area contributed by atoms with E-state index in [-0.39, 0.29) is 24.1 Å². The van der Waals surface area contributed by atoms with Gasteiger partial charge < -0.3 is 19.8 Å². The Bertz CT molecular complexity index is 1290. The first kappa shape index (κ1) is 21.1. The van der Waals surface area contributed by atoms with Gasteiger partial charge in [0.25, 0.3) is 5.91 Å². The number of thioether (sulfide) groups is 1. The van der Waals surface area contributed by atoms with Crippen LogP contribution in [0.1, 0.15) is 27.4 Å². The van der Waals surface area contributed by atoms with Crippen LogP contribution in [0.3, 0.4) is 0 Å². The minimum Gasteiger partial charge on any atom is -0.497 e. The van der Waals surface area contributed by atoms with E-state index >= 15 is 0 Å². The first-order valence-corrected chi connectivity index (χ1v) is 11.6. The van der Waals surface area contributed by atoms with Gasteiger partial charge in [-0.3, -0.25) is 9.59 Å². The molecule has 2 N–H and O–H groups in total. The summed E-state index contributed by atoms with van der Waals surface area (Å²) in [7, 11) is 1.61. The van der Waals surface area contributed by atoms with Gasteiger partial charge in [-0.2, -0.15) is 16.9 Å². The number of carbonyl (C=O) groups is 2. The molecule has 0 fully saturated rings. The summed E-state index contributed by atoms with van der Waals surface area (Å²) >= 11 is 1.73. The van der Waals surface area contributed by atoms with Crippen molar-refractivity contribution in [3.05, 3.63) is 77.2 Å². The summed E-state index contributed by atoms with van der Waals surface area (Å²) in [5, 5.41) is 11.3. The number of furan rings is 1. The standard InChI is InChI=1S/C24H22N4O4S/c1-31-17-8-6-15(7-9-17)11-25-22(29)12-28-23(18-13-33-14-19(18)27-28)26-24(30)21-10-16-4-2-3-5-20(16)32-21/h2-10H,11-14H2,1H3,(H,25,29)(H,26,30). The third-order valence-corrected chi connectivity index (χ3v) is 6.41. The van der Waals surface area contributed by atoms with E-state index in [4.69, 9.17) is 9.15 Å². The Balaban J connectivity index is 1.30. The Hall–Kier alpha value is -3.72. The molecule has 0 radical (unpaired) electrons. The predicted octanol–water partition coefficient (Wildman–Crippen LogP) is 3.95. The van der Waals surface area contributed by atoms with Gasteiger partial charge in [0.1, 0.15) is 23.7 Å². The zero-order valence-electron chi connectivity index (χ0n) is 18.0. The van der Waals surface area contributed by atoms with E-state index in [0.29, 0.717) is 17.9 Å². The molecule has 3 heterocycles. The largest absolute Gasteiger partial charge is 0.497 e. The second-order valence-corrected chi connectivity index (χ2v) is 8.64. The third kappa shape index (κ3) is 4.45. The highest BCUT2D eigenvalue weighted by molar-refractivity contribution is 7.98. The normalized spacial score (nSPS) is 12.5. The Morgan fingerprint density at radius 2 is 1.97 bits per heavy atom. The fourth-order valence-corrected chi connectivity index (χ4v) is 4.75. The molecule has 0 aliphatic carbocycles. The van der Waals surface area contributed by atoms with E-state index in [9.17, 15) is 9.59 Å². The number of hydrogen-bond acceptors (Lipinski definition) is 6. The Kier molecular flexibility index (Phi) is 5.78. The third-order valence-electron chi connectivity index (χ3n) is 5.44. The van der Waals surface area contributed by atoms with Crippen LogP contribution < -0.4 is 15.4 Å². The van der Waals surface area contributed by atoms with Gasteiger partial charge in [-0.05, 0) is 29.8 Å². The van der Waals surface area contributed by atoms with Gasteiger partial charge in [0.2, 0.25) is 5.91 Å². The lowest BCUT2D eigenvalue weighted by Crippen LogP contribution is -2.28. The van der Waals surface area contributed by atoms with Crippen LogP contribution in [-0.2, 0) is 29.4 Å². The molecule has 33 heavy (non-hydrogen) atoms. The molecule has 2 amide bonds. The minimum atomic E-state index is -0.370. The molecule has 4 aromatic rings. The lowest BCUT2D eigenvalue weighted by atomic mass is 10.2. The fraction of sp³-hybridized carbons (Fsp3) is 0.208. The number of fused-ring (bicyclic) bond motifs is 2. The molecule has 8 nitrogen and oxygen atoms in total. The molecule has 1 aliphatic rings. The van der Waals surface area contributed by atoms with E-state index in [2.05, 4.69) is 15.7 Å². The number of carbonyl (C=O) groups excluding carboxylic acids is 2. The number of nitrogens with one attached hydrogen (secondary N) is 2. The molecule has 2 aromatic carbocycles. The molecule has 2 aromatic heterocycles. The summed E-state index contributed by atoms with van der Waals surface area (Å²) < 4.78 is 12.4. The molecule has 0 bridgehead atoms. The van der Waals surface area contributed by atoms with Gasteiger partial charge in [-0.1, -0.05) is 30.3 Å². The summed E-state index contributed by atoms with van der Waals surface area (Å²) in [6.45, 7) is 0.393. The highest BCUT2D eigenvalue weighted by Crippen LogP contribution is 2.35. The van der Waals surface area contributed by atoms with E-state index in [1.165, 1.54) is 0 Å². The maximum Gasteiger partial charge on any atom is 0.292 e. The van der Waals surface area contributed by atoms with Crippen LogP contribution in [-0.4, -0.2) is 28.7 Å². The monoisotopic (exact) mass is 462 g/mol. The molecule has 0 unspecified atom stereocenters. The summed E-state index contributed by atoms with van der Waals surface area (Å²) in [6.07, 6.45) is 0. The number of ether oxygens (including phenoxy) is 1. The van der Waals surface area contributed by atoms with Crippen molar-refractivity contribution in [3.63, 3.8) is 0 Å². The van der Waals surface area contributed by atoms with Crippen LogP contribution in [0.25, 0.3) is 11.0 Å². The molecule has 9 heteroatoms. The van der Waals surface area contributed by atoms with Gasteiger partial charge in [0.15, 0.2) is 5.76 Å². The molecule has 0 saturated heterocycles. The number of methoxy groups -OCH3 is 1. The predicted molar refractivity (Wildman–Crippen MR) is 126 cm³/mol. The summed E-state index contributed by atoms with van der Waals surface area (Å²) in [5.41, 5.74) is 3.45. The molecular weight excluding hydrogens is 440 g/mol. The maximum absolute atomic E-state index is 12.9. The van der Waals surface area contributed by atoms with Gasteiger partial charge in [-0.15, -0.1) is 0 Å². The number of anilines is 1. The van der Waals surface area contributed by atoms with Crippen LogP contribution in [0.5, 0.6) is 5.75 Å². The van der Waals surface area contributed by atoms with Crippen molar-refractivity contribution in [1.29, 1.82) is 0 Å². The SMILES string of the molecule is COc1ccc(CNC(=O)Cn2nc3c(c2NC(=O)c2cc4ccccc4o2)CSC3)cc1. The zero-order valence-corrected chi connectivity index (χ0v) is 18.8. The summed E-state index contributed by atoms with van der Waals surface area (Å²) in [4.78, 5) is 25.5. The van der Waals surface area contributed by atoms with Crippen molar-refractivity contribution < 1.29 is 18.7 Å². The van der Waals surface area contributed by atoms with Crippen LogP contribution in [0.2, 0.25) is 0 Å². The van der Waals surface area contributed by atoms with E-state index < -0.39 is 0 Å². The average Bonchev–Trinajstić information content (AvgIpc) is 3.54. The first-order chi connectivity index (χ1) is 16.1. The maximum atomic E-state index is 12.9. The van der Waals surface area contributed by atoms with Gasteiger partial charge in [-0.25, -0.2) is 4.68 Å². The Morgan fingerprint density at radius 3 is 2.76 bits per heavy atom. The topological polar surface area (TPSA) is 98.4 Å². The number of para-hydroxylation sites is 1. The number of aromatic nitrogens is 2. The molecule has 0 atom stereocenters. The number of nitrogens with zero attached hydrogens (tertiary/aromatic N) is 2. The van der Waals surface area contributed by atoms with Gasteiger partial charge in [0, 0.05) is 29.0 Å². The smallest absolute Gasteiger partial charge is 0.292 e. The van der Waals surface area contributed by atoms with Crippen molar-refractivity contribution in [2.75, 3.05) is 12.4 Å². The number of hydrogen-bond donors (Lipinski definition) is 2. The summed E-state index contributed by atoms with van der Waals surface area (Å²) in [6, 6.07) is 16.7. The summed E-state index contributed by atoms with van der Waals surface area (Å²) in [5.74, 6) is 2.44. The number of amides is 2. The Morgan fingerprint density at radius 1 is 1.15 bits per heavy atom. The number of benzene rings is 2. The Labute approximate surface area is 194 Å².